The van der Waals surface area contributed by atoms with Crippen LogP contribution >= 0.6 is 0 Å². The number of carbonyl (C=O) groups excluding carboxylic acids is 1. The Morgan fingerprint density at radius 2 is 2.14 bits per heavy atom. The standard InChI is InChI=1S/C16H15NO4/c1-19-15(13-7-4-8-20-13)10-17-16(18)14-9-11-5-2-3-6-12(11)21-14/h2-9,15H,10H2,1H3,(H,17,18)/t15-/m1/s1. The summed E-state index contributed by atoms with van der Waals surface area (Å²) in [6, 6.07) is 12.8. The Morgan fingerprint density at radius 1 is 1.29 bits per heavy atom. The third-order valence-electron chi connectivity index (χ3n) is 3.24. The topological polar surface area (TPSA) is 64.6 Å². The molecule has 0 radical (unpaired) electrons. The normalized spacial score (nSPS) is 12.4. The molecule has 1 aromatic carbocycles. The van der Waals surface area contributed by atoms with Gasteiger partial charge >= 0.3 is 0 Å². The number of para-hydroxylation sites is 1. The Balaban J connectivity index is 1.68. The van der Waals surface area contributed by atoms with Crippen molar-refractivity contribution in [3.63, 3.8) is 0 Å². The van der Waals surface area contributed by atoms with Crippen LogP contribution in [0.4, 0.5) is 0 Å². The molecule has 1 amide bonds. The molecule has 0 aliphatic rings. The van der Waals surface area contributed by atoms with Crippen molar-refractivity contribution in [1.29, 1.82) is 0 Å². The molecule has 3 rings (SSSR count). The van der Waals surface area contributed by atoms with Crippen molar-refractivity contribution in [2.24, 2.45) is 0 Å². The molecule has 5 heteroatoms. The molecule has 21 heavy (non-hydrogen) atoms. The van der Waals surface area contributed by atoms with E-state index in [0.717, 1.165) is 5.39 Å². The van der Waals surface area contributed by atoms with Gasteiger partial charge in [0.05, 0.1) is 12.8 Å². The summed E-state index contributed by atoms with van der Waals surface area (Å²) in [4.78, 5) is 12.1. The van der Waals surface area contributed by atoms with Gasteiger partial charge in [-0.2, -0.15) is 0 Å². The van der Waals surface area contributed by atoms with Gasteiger partial charge in [-0.1, -0.05) is 18.2 Å². The molecule has 0 aliphatic carbocycles. The summed E-state index contributed by atoms with van der Waals surface area (Å²) < 4.78 is 16.1. The molecule has 5 nitrogen and oxygen atoms in total. The van der Waals surface area contributed by atoms with Crippen LogP contribution in [-0.2, 0) is 4.74 Å². The molecule has 1 atom stereocenters. The second-order valence-corrected chi connectivity index (χ2v) is 4.60. The summed E-state index contributed by atoms with van der Waals surface area (Å²) in [5.41, 5.74) is 0.692. The second kappa shape index (κ2) is 5.85. The van der Waals surface area contributed by atoms with Gasteiger partial charge in [-0.15, -0.1) is 0 Å². The molecule has 108 valence electrons. The molecule has 2 heterocycles. The number of fused-ring (bicyclic) bond motifs is 1. The number of nitrogens with one attached hydrogen (secondary N) is 1. The number of methoxy groups -OCH3 is 1. The lowest BCUT2D eigenvalue weighted by molar-refractivity contribution is 0.0726. The maximum atomic E-state index is 12.1. The second-order valence-electron chi connectivity index (χ2n) is 4.60. The first-order valence-corrected chi connectivity index (χ1v) is 6.61. The van der Waals surface area contributed by atoms with Crippen molar-refractivity contribution in [1.82, 2.24) is 5.32 Å². The van der Waals surface area contributed by atoms with E-state index in [1.807, 2.05) is 30.3 Å². The molecule has 0 saturated heterocycles. The van der Waals surface area contributed by atoms with Gasteiger partial charge in [-0.25, -0.2) is 0 Å². The average molecular weight is 285 g/mol. The van der Waals surface area contributed by atoms with E-state index in [1.54, 1.807) is 25.5 Å². The quantitative estimate of drug-likeness (QED) is 0.782. The predicted octanol–water partition coefficient (Wildman–Crippen LogP) is 3.14. The largest absolute Gasteiger partial charge is 0.467 e. The molecule has 0 bridgehead atoms. The highest BCUT2D eigenvalue weighted by Crippen LogP contribution is 2.19. The first kappa shape index (κ1) is 13.5. The fourth-order valence-electron chi connectivity index (χ4n) is 2.14. The van der Waals surface area contributed by atoms with Crippen LogP contribution in [0.5, 0.6) is 0 Å². The molecule has 1 N–H and O–H groups in total. The van der Waals surface area contributed by atoms with E-state index in [9.17, 15) is 4.79 Å². The SMILES string of the molecule is CO[C@H](CNC(=O)c1cc2ccccc2o1)c1ccco1. The molecule has 0 saturated carbocycles. The van der Waals surface area contributed by atoms with Crippen molar-refractivity contribution in [3.8, 4) is 0 Å². The van der Waals surface area contributed by atoms with E-state index in [-0.39, 0.29) is 17.8 Å². The van der Waals surface area contributed by atoms with Crippen LogP contribution in [-0.4, -0.2) is 19.6 Å². The van der Waals surface area contributed by atoms with Crippen molar-refractivity contribution in [3.05, 3.63) is 60.2 Å². The molecular weight excluding hydrogens is 270 g/mol. The average Bonchev–Trinajstić information content (AvgIpc) is 3.16. The van der Waals surface area contributed by atoms with Crippen molar-refractivity contribution < 1.29 is 18.4 Å². The molecule has 0 aliphatic heterocycles. The lowest BCUT2D eigenvalue weighted by atomic mass is 10.2. The van der Waals surface area contributed by atoms with Crippen molar-refractivity contribution in [2.75, 3.05) is 13.7 Å². The fraction of sp³-hybridized carbons (Fsp3) is 0.188. The molecular formula is C16H15NO4. The highest BCUT2D eigenvalue weighted by Gasteiger charge is 2.17. The van der Waals surface area contributed by atoms with E-state index in [2.05, 4.69) is 5.32 Å². The lowest BCUT2D eigenvalue weighted by Gasteiger charge is -2.12. The molecule has 0 spiro atoms. The van der Waals surface area contributed by atoms with Crippen LogP contribution < -0.4 is 5.32 Å². The molecule has 3 aromatic rings. The van der Waals surface area contributed by atoms with Crippen molar-refractivity contribution >= 4 is 16.9 Å². The van der Waals surface area contributed by atoms with Gasteiger partial charge in [0.15, 0.2) is 5.76 Å². The van der Waals surface area contributed by atoms with Gasteiger partial charge in [0.25, 0.3) is 5.91 Å². The summed E-state index contributed by atoms with van der Waals surface area (Å²) in [6.07, 6.45) is 1.25. The Kier molecular flexibility index (Phi) is 3.75. The minimum Gasteiger partial charge on any atom is -0.467 e. The summed E-state index contributed by atoms with van der Waals surface area (Å²) >= 11 is 0. The monoisotopic (exact) mass is 285 g/mol. The Hall–Kier alpha value is -2.53. The van der Waals surface area contributed by atoms with Crippen LogP contribution in [0.1, 0.15) is 22.4 Å². The summed E-state index contributed by atoms with van der Waals surface area (Å²) in [5.74, 6) is 0.674. The third-order valence-corrected chi connectivity index (χ3v) is 3.24. The number of amides is 1. The van der Waals surface area contributed by atoms with E-state index in [0.29, 0.717) is 17.9 Å². The van der Waals surface area contributed by atoms with Gasteiger partial charge in [0.1, 0.15) is 17.4 Å². The van der Waals surface area contributed by atoms with E-state index >= 15 is 0 Å². The maximum absolute atomic E-state index is 12.1. The predicted molar refractivity (Wildman–Crippen MR) is 77.0 cm³/mol. The minimum atomic E-state index is -0.326. The Labute approximate surface area is 121 Å². The van der Waals surface area contributed by atoms with Crippen LogP contribution in [0.25, 0.3) is 11.0 Å². The van der Waals surface area contributed by atoms with Crippen LogP contribution in [0.3, 0.4) is 0 Å². The van der Waals surface area contributed by atoms with Gasteiger partial charge in [0.2, 0.25) is 0 Å². The highest BCUT2D eigenvalue weighted by atomic mass is 16.5. The highest BCUT2D eigenvalue weighted by molar-refractivity contribution is 5.96. The first-order chi connectivity index (χ1) is 10.3. The Morgan fingerprint density at radius 3 is 2.86 bits per heavy atom. The van der Waals surface area contributed by atoms with Crippen molar-refractivity contribution in [2.45, 2.75) is 6.10 Å². The summed E-state index contributed by atoms with van der Waals surface area (Å²) in [7, 11) is 1.57. The number of rotatable bonds is 5. The number of benzene rings is 1. The third kappa shape index (κ3) is 2.83. The van der Waals surface area contributed by atoms with E-state index in [1.165, 1.54) is 0 Å². The van der Waals surface area contributed by atoms with E-state index in [4.69, 9.17) is 13.6 Å². The summed E-state index contributed by atoms with van der Waals surface area (Å²) in [5, 5.41) is 3.68. The minimum absolute atomic E-state index is 0.278. The number of hydrogen-bond acceptors (Lipinski definition) is 4. The number of hydrogen-bond donors (Lipinski definition) is 1. The molecule has 2 aromatic heterocycles. The number of ether oxygens (including phenoxy) is 1. The molecule has 0 unspecified atom stereocenters. The zero-order valence-corrected chi connectivity index (χ0v) is 11.5. The number of carbonyl (C=O) groups is 1. The number of furan rings is 2. The fourth-order valence-corrected chi connectivity index (χ4v) is 2.14. The van der Waals surface area contributed by atoms with Crippen LogP contribution in [0.2, 0.25) is 0 Å². The zero-order valence-electron chi connectivity index (χ0n) is 11.5. The molecule has 0 fully saturated rings. The lowest BCUT2D eigenvalue weighted by Crippen LogP contribution is -2.28. The van der Waals surface area contributed by atoms with Gasteiger partial charge in [-0.3, -0.25) is 4.79 Å². The van der Waals surface area contributed by atoms with E-state index < -0.39 is 0 Å². The zero-order chi connectivity index (χ0) is 14.7. The smallest absolute Gasteiger partial charge is 0.287 e. The summed E-state index contributed by atoms with van der Waals surface area (Å²) in [6.45, 7) is 0.305. The van der Waals surface area contributed by atoms with Gasteiger partial charge in [-0.05, 0) is 24.3 Å². The van der Waals surface area contributed by atoms with Crippen LogP contribution in [0, 0.1) is 0 Å². The Bertz CT molecular complexity index is 697. The first-order valence-electron chi connectivity index (χ1n) is 6.61. The maximum Gasteiger partial charge on any atom is 0.287 e. The van der Waals surface area contributed by atoms with Crippen LogP contribution in [0.15, 0.2) is 57.6 Å². The van der Waals surface area contributed by atoms with Gasteiger partial charge in [0, 0.05) is 12.5 Å². The van der Waals surface area contributed by atoms with Gasteiger partial charge < -0.3 is 18.9 Å².